The predicted octanol–water partition coefficient (Wildman–Crippen LogP) is 3.05. The molecule has 0 amide bonds. The van der Waals surface area contributed by atoms with Crippen molar-refractivity contribution in [2.75, 3.05) is 45.7 Å². The molecule has 0 fully saturated rings. The fourth-order valence-electron chi connectivity index (χ4n) is 1.56. The second kappa shape index (κ2) is 7.19. The quantitative estimate of drug-likeness (QED) is 0.784. The number of hydrogen-bond acceptors (Lipinski definition) is 5. The molecule has 1 aromatic heterocycles. The van der Waals surface area contributed by atoms with Gasteiger partial charge in [-0.1, -0.05) is 27.3 Å². The molecule has 0 aliphatic heterocycles. The van der Waals surface area contributed by atoms with Gasteiger partial charge in [0.25, 0.3) is 0 Å². The minimum Gasteiger partial charge on any atom is -0.378 e. The van der Waals surface area contributed by atoms with Crippen molar-refractivity contribution in [3.8, 4) is 0 Å². The van der Waals surface area contributed by atoms with Gasteiger partial charge in [0.05, 0.1) is 23.4 Å². The third-order valence-corrected chi connectivity index (χ3v) is 4.04. The molecule has 0 aliphatic rings. The Bertz CT molecular complexity index is 530. The number of anilines is 1. The van der Waals surface area contributed by atoms with E-state index in [2.05, 4.69) is 37.2 Å². The highest BCUT2D eigenvalue weighted by atomic mass is 79.9. The first-order valence-corrected chi connectivity index (χ1v) is 7.78. The van der Waals surface area contributed by atoms with Gasteiger partial charge in [-0.05, 0) is 32.3 Å². The zero-order valence-electron chi connectivity index (χ0n) is 11.1. The van der Waals surface area contributed by atoms with Crippen LogP contribution in [-0.4, -0.2) is 50.3 Å². The van der Waals surface area contributed by atoms with Crippen LogP contribution in [0.1, 0.15) is 0 Å². The Hall–Kier alpha value is -0.690. The van der Waals surface area contributed by atoms with Gasteiger partial charge in [-0.25, -0.2) is 4.98 Å². The molecule has 0 bridgehead atoms. The van der Waals surface area contributed by atoms with Gasteiger partial charge in [-0.3, -0.25) is 0 Å². The molecular weight excluding hydrogens is 326 g/mol. The number of ether oxygens (including phenoxy) is 1. The first-order valence-electron chi connectivity index (χ1n) is 6.17. The smallest absolute Gasteiger partial charge is 0.183 e. The molecule has 4 nitrogen and oxygen atoms in total. The van der Waals surface area contributed by atoms with Crippen molar-refractivity contribution in [2.45, 2.75) is 0 Å². The van der Waals surface area contributed by atoms with Gasteiger partial charge in [0, 0.05) is 17.6 Å². The Labute approximate surface area is 125 Å². The number of fused-ring (bicyclic) bond motifs is 1. The van der Waals surface area contributed by atoms with Gasteiger partial charge in [-0.15, -0.1) is 0 Å². The number of thiazole rings is 1. The fraction of sp³-hybridized carbons (Fsp3) is 0.462. The van der Waals surface area contributed by atoms with Gasteiger partial charge in [-0.2, -0.15) is 0 Å². The average molecular weight is 344 g/mol. The zero-order valence-corrected chi connectivity index (χ0v) is 13.6. The van der Waals surface area contributed by atoms with Gasteiger partial charge >= 0.3 is 0 Å². The number of nitrogens with one attached hydrogen (secondary N) is 1. The zero-order chi connectivity index (χ0) is 13.7. The van der Waals surface area contributed by atoms with Crippen LogP contribution in [0.5, 0.6) is 0 Å². The first kappa shape index (κ1) is 14.7. The number of nitrogens with zero attached hydrogens (tertiary/aromatic N) is 2. The van der Waals surface area contributed by atoms with Gasteiger partial charge < -0.3 is 15.0 Å². The Morgan fingerprint density at radius 3 is 3.00 bits per heavy atom. The lowest BCUT2D eigenvalue weighted by atomic mass is 10.3. The summed E-state index contributed by atoms with van der Waals surface area (Å²) in [6.45, 7) is 3.21. The van der Waals surface area contributed by atoms with Crippen molar-refractivity contribution in [2.24, 2.45) is 0 Å². The molecule has 0 atom stereocenters. The van der Waals surface area contributed by atoms with Crippen molar-refractivity contribution >= 4 is 42.6 Å². The van der Waals surface area contributed by atoms with Crippen LogP contribution in [0.4, 0.5) is 5.13 Å². The number of aromatic nitrogens is 1. The van der Waals surface area contributed by atoms with Gasteiger partial charge in [0.2, 0.25) is 0 Å². The lowest BCUT2D eigenvalue weighted by Crippen LogP contribution is -2.19. The molecule has 1 aromatic carbocycles. The molecule has 0 unspecified atom stereocenters. The summed E-state index contributed by atoms with van der Waals surface area (Å²) in [6, 6.07) is 6.15. The van der Waals surface area contributed by atoms with Crippen LogP contribution in [0, 0.1) is 0 Å². The molecule has 0 spiro atoms. The van der Waals surface area contributed by atoms with Crippen molar-refractivity contribution in [1.29, 1.82) is 0 Å². The van der Waals surface area contributed by atoms with Crippen LogP contribution < -0.4 is 5.32 Å². The minimum atomic E-state index is 0.702. The van der Waals surface area contributed by atoms with Crippen molar-refractivity contribution in [3.05, 3.63) is 22.7 Å². The van der Waals surface area contributed by atoms with Gasteiger partial charge in [0.1, 0.15) is 0 Å². The summed E-state index contributed by atoms with van der Waals surface area (Å²) in [7, 11) is 4.09. The van der Waals surface area contributed by atoms with Gasteiger partial charge in [0.15, 0.2) is 5.13 Å². The standard InChI is InChI=1S/C13H18BrN3OS/c1-17(2)6-8-18-7-5-15-13-16-11-9-10(14)3-4-12(11)19-13/h3-4,9H,5-8H2,1-2H3,(H,15,16). The molecule has 0 saturated heterocycles. The monoisotopic (exact) mass is 343 g/mol. The molecule has 0 saturated carbocycles. The van der Waals surface area contributed by atoms with E-state index in [1.54, 1.807) is 11.3 Å². The summed E-state index contributed by atoms with van der Waals surface area (Å²) in [5.41, 5.74) is 1.02. The Morgan fingerprint density at radius 1 is 1.37 bits per heavy atom. The summed E-state index contributed by atoms with van der Waals surface area (Å²) >= 11 is 5.12. The molecule has 6 heteroatoms. The van der Waals surface area contributed by atoms with E-state index < -0.39 is 0 Å². The van der Waals surface area contributed by atoms with Crippen LogP contribution in [0.2, 0.25) is 0 Å². The summed E-state index contributed by atoms with van der Waals surface area (Å²) in [5.74, 6) is 0. The van der Waals surface area contributed by atoms with Crippen LogP contribution in [0.25, 0.3) is 10.2 Å². The fourth-order valence-corrected chi connectivity index (χ4v) is 2.78. The third-order valence-electron chi connectivity index (χ3n) is 2.56. The normalized spacial score (nSPS) is 11.4. The Morgan fingerprint density at radius 2 is 2.21 bits per heavy atom. The third kappa shape index (κ3) is 4.72. The summed E-state index contributed by atoms with van der Waals surface area (Å²) in [4.78, 5) is 6.64. The maximum Gasteiger partial charge on any atom is 0.183 e. The Balaban J connectivity index is 1.75. The highest BCUT2D eigenvalue weighted by Crippen LogP contribution is 2.27. The van der Waals surface area contributed by atoms with Crippen LogP contribution in [0.3, 0.4) is 0 Å². The number of benzene rings is 1. The first-order chi connectivity index (χ1) is 9.15. The number of halogens is 1. The summed E-state index contributed by atoms with van der Waals surface area (Å²) < 4.78 is 7.78. The molecular formula is C13H18BrN3OS. The van der Waals surface area contributed by atoms with Crippen molar-refractivity contribution in [1.82, 2.24) is 9.88 Å². The lowest BCUT2D eigenvalue weighted by molar-refractivity contribution is 0.126. The van der Waals surface area contributed by atoms with Crippen LogP contribution in [-0.2, 0) is 4.74 Å². The van der Waals surface area contributed by atoms with Crippen LogP contribution in [0.15, 0.2) is 22.7 Å². The maximum atomic E-state index is 5.52. The molecule has 0 radical (unpaired) electrons. The molecule has 0 aliphatic carbocycles. The van der Waals surface area contributed by atoms with Crippen molar-refractivity contribution < 1.29 is 4.74 Å². The van der Waals surface area contributed by atoms with E-state index in [9.17, 15) is 0 Å². The van der Waals surface area contributed by atoms with E-state index in [1.807, 2.05) is 26.2 Å². The second-order valence-corrected chi connectivity index (χ2v) is 6.42. The molecule has 104 valence electrons. The largest absolute Gasteiger partial charge is 0.378 e. The van der Waals surface area contributed by atoms with E-state index in [1.165, 1.54) is 4.70 Å². The van der Waals surface area contributed by atoms with Crippen LogP contribution >= 0.6 is 27.3 Å². The molecule has 19 heavy (non-hydrogen) atoms. The molecule has 1 N–H and O–H groups in total. The lowest BCUT2D eigenvalue weighted by Gasteiger charge is -2.09. The second-order valence-electron chi connectivity index (χ2n) is 4.47. The summed E-state index contributed by atoms with van der Waals surface area (Å²) in [5, 5.41) is 4.24. The van der Waals surface area contributed by atoms with E-state index in [0.717, 1.165) is 34.8 Å². The van der Waals surface area contributed by atoms with Crippen molar-refractivity contribution in [3.63, 3.8) is 0 Å². The van der Waals surface area contributed by atoms with E-state index in [0.29, 0.717) is 6.61 Å². The number of rotatable bonds is 7. The molecule has 1 heterocycles. The SMILES string of the molecule is CN(C)CCOCCNc1nc2cc(Br)ccc2s1. The number of hydrogen-bond donors (Lipinski definition) is 1. The highest BCUT2D eigenvalue weighted by Gasteiger charge is 2.03. The Kier molecular flexibility index (Phi) is 5.57. The molecule has 2 rings (SSSR count). The maximum absolute atomic E-state index is 5.52. The average Bonchev–Trinajstić information content (AvgIpc) is 2.75. The summed E-state index contributed by atoms with van der Waals surface area (Å²) in [6.07, 6.45) is 0. The minimum absolute atomic E-state index is 0.702. The van der Waals surface area contributed by atoms with E-state index in [-0.39, 0.29) is 0 Å². The molecule has 2 aromatic rings. The predicted molar refractivity (Wildman–Crippen MR) is 85.2 cm³/mol. The van der Waals surface area contributed by atoms with E-state index in [4.69, 9.17) is 4.74 Å². The van der Waals surface area contributed by atoms with E-state index >= 15 is 0 Å². The number of likely N-dealkylation sites (N-methyl/N-ethyl adjacent to an activating group) is 1. The topological polar surface area (TPSA) is 37.4 Å². The highest BCUT2D eigenvalue weighted by molar-refractivity contribution is 9.10.